The number of nitro benzene ring substituents is 1. The Labute approximate surface area is 112 Å². The van der Waals surface area contributed by atoms with Crippen LogP contribution in [-0.2, 0) is 16.1 Å². The lowest BCUT2D eigenvalue weighted by Crippen LogP contribution is -2.38. The van der Waals surface area contributed by atoms with Crippen molar-refractivity contribution in [2.24, 2.45) is 0 Å². The summed E-state index contributed by atoms with van der Waals surface area (Å²) in [5.41, 5.74) is 1.06. The second-order valence-electron chi connectivity index (χ2n) is 4.43. The largest absolute Gasteiger partial charge is 0.379 e. The van der Waals surface area contributed by atoms with Crippen LogP contribution in [0.25, 0.3) is 0 Å². The number of hydrogen-bond acceptors (Lipinski definition) is 5. The van der Waals surface area contributed by atoms with Crippen LogP contribution in [-0.4, -0.2) is 49.3 Å². The van der Waals surface area contributed by atoms with Gasteiger partial charge in [-0.05, 0) is 17.7 Å². The number of nitrogens with zero attached hydrogens (tertiary/aromatic N) is 2. The van der Waals surface area contributed by atoms with Crippen molar-refractivity contribution in [3.8, 4) is 0 Å². The van der Waals surface area contributed by atoms with E-state index in [9.17, 15) is 10.1 Å². The third-order valence-corrected chi connectivity index (χ3v) is 3.07. The monoisotopic (exact) mass is 266 g/mol. The highest BCUT2D eigenvalue weighted by Gasteiger charge is 2.09. The Balaban J connectivity index is 1.66. The Morgan fingerprint density at radius 2 is 1.95 bits per heavy atom. The average molecular weight is 266 g/mol. The molecule has 0 aliphatic carbocycles. The summed E-state index contributed by atoms with van der Waals surface area (Å²) in [5, 5.41) is 10.5. The van der Waals surface area contributed by atoms with E-state index in [1.54, 1.807) is 12.1 Å². The van der Waals surface area contributed by atoms with Gasteiger partial charge in [-0.2, -0.15) is 0 Å². The predicted molar refractivity (Wildman–Crippen MR) is 70.0 cm³/mol. The molecule has 1 aliphatic rings. The Bertz CT molecular complexity index is 402. The van der Waals surface area contributed by atoms with Crippen LogP contribution in [0.5, 0.6) is 0 Å². The van der Waals surface area contributed by atoms with Gasteiger partial charge in [0.25, 0.3) is 5.69 Å². The minimum atomic E-state index is -0.400. The molecule has 1 heterocycles. The van der Waals surface area contributed by atoms with E-state index in [0.29, 0.717) is 13.2 Å². The number of benzene rings is 1. The van der Waals surface area contributed by atoms with Gasteiger partial charge in [-0.3, -0.25) is 15.0 Å². The van der Waals surface area contributed by atoms with Gasteiger partial charge in [0.1, 0.15) is 0 Å². The summed E-state index contributed by atoms with van der Waals surface area (Å²) in [4.78, 5) is 12.4. The molecule has 1 saturated heterocycles. The highest BCUT2D eigenvalue weighted by molar-refractivity contribution is 5.32. The van der Waals surface area contributed by atoms with E-state index in [1.165, 1.54) is 12.1 Å². The van der Waals surface area contributed by atoms with Gasteiger partial charge < -0.3 is 9.47 Å². The normalized spacial score (nSPS) is 16.4. The summed E-state index contributed by atoms with van der Waals surface area (Å²) in [6.07, 6.45) is 0. The first kappa shape index (κ1) is 13.9. The van der Waals surface area contributed by atoms with Crippen LogP contribution in [0.4, 0.5) is 5.69 Å². The first-order valence-corrected chi connectivity index (χ1v) is 6.37. The average Bonchev–Trinajstić information content (AvgIpc) is 2.45. The van der Waals surface area contributed by atoms with Crippen molar-refractivity contribution < 1.29 is 14.4 Å². The lowest BCUT2D eigenvalue weighted by atomic mass is 10.2. The smallest absolute Gasteiger partial charge is 0.269 e. The van der Waals surface area contributed by atoms with Crippen molar-refractivity contribution in [1.82, 2.24) is 4.90 Å². The van der Waals surface area contributed by atoms with E-state index in [1.807, 2.05) is 0 Å². The lowest BCUT2D eigenvalue weighted by Gasteiger charge is -2.26. The number of nitro groups is 1. The molecular formula is C13H18N2O4. The summed E-state index contributed by atoms with van der Waals surface area (Å²) in [6.45, 7) is 5.56. The number of hydrogen-bond donors (Lipinski definition) is 0. The second kappa shape index (κ2) is 7.18. The molecule has 2 rings (SSSR count). The van der Waals surface area contributed by atoms with Crippen molar-refractivity contribution >= 4 is 5.69 Å². The molecule has 1 aromatic carbocycles. The van der Waals surface area contributed by atoms with Gasteiger partial charge in [-0.25, -0.2) is 0 Å². The molecule has 0 unspecified atom stereocenters. The molecule has 0 saturated carbocycles. The Hall–Kier alpha value is -1.50. The number of ether oxygens (including phenoxy) is 2. The minimum Gasteiger partial charge on any atom is -0.379 e. The van der Waals surface area contributed by atoms with Crippen molar-refractivity contribution in [2.45, 2.75) is 6.61 Å². The van der Waals surface area contributed by atoms with Crippen molar-refractivity contribution in [3.63, 3.8) is 0 Å². The molecule has 0 spiro atoms. The van der Waals surface area contributed by atoms with Crippen LogP contribution < -0.4 is 0 Å². The summed E-state index contributed by atoms with van der Waals surface area (Å²) in [7, 11) is 0. The molecule has 6 heteroatoms. The van der Waals surface area contributed by atoms with Gasteiger partial charge in [-0.15, -0.1) is 0 Å². The van der Waals surface area contributed by atoms with Gasteiger partial charge >= 0.3 is 0 Å². The zero-order valence-corrected chi connectivity index (χ0v) is 10.8. The van der Waals surface area contributed by atoms with E-state index < -0.39 is 4.92 Å². The zero-order valence-electron chi connectivity index (χ0n) is 10.8. The Morgan fingerprint density at radius 1 is 1.26 bits per heavy atom. The van der Waals surface area contributed by atoms with Crippen molar-refractivity contribution in [3.05, 3.63) is 39.9 Å². The van der Waals surface area contributed by atoms with Crippen LogP contribution >= 0.6 is 0 Å². The molecule has 0 radical (unpaired) electrons. The lowest BCUT2D eigenvalue weighted by molar-refractivity contribution is -0.384. The summed E-state index contributed by atoms with van der Waals surface area (Å²) >= 11 is 0. The van der Waals surface area contributed by atoms with Crippen molar-refractivity contribution in [1.29, 1.82) is 0 Å². The Kier molecular flexibility index (Phi) is 5.26. The minimum absolute atomic E-state index is 0.108. The molecule has 6 nitrogen and oxygen atoms in total. The topological polar surface area (TPSA) is 64.8 Å². The third kappa shape index (κ3) is 4.59. The van der Waals surface area contributed by atoms with Crippen LogP contribution in [0.3, 0.4) is 0 Å². The fourth-order valence-electron chi connectivity index (χ4n) is 1.92. The maximum Gasteiger partial charge on any atom is 0.269 e. The highest BCUT2D eigenvalue weighted by Crippen LogP contribution is 2.12. The standard InChI is InChI=1S/C13H18N2O4/c16-15(17)13-3-1-12(2-4-13)11-19-10-7-14-5-8-18-9-6-14/h1-4H,5-11H2. The number of morpholine rings is 1. The van der Waals surface area contributed by atoms with Gasteiger partial charge in [0.05, 0.1) is 31.4 Å². The van der Waals surface area contributed by atoms with Crippen LogP contribution in [0.15, 0.2) is 24.3 Å². The Morgan fingerprint density at radius 3 is 2.58 bits per heavy atom. The third-order valence-electron chi connectivity index (χ3n) is 3.07. The first-order chi connectivity index (χ1) is 9.25. The second-order valence-corrected chi connectivity index (χ2v) is 4.43. The molecule has 0 atom stereocenters. The fourth-order valence-corrected chi connectivity index (χ4v) is 1.92. The molecule has 0 aromatic heterocycles. The highest BCUT2D eigenvalue weighted by atomic mass is 16.6. The summed E-state index contributed by atoms with van der Waals surface area (Å²) in [6, 6.07) is 6.46. The molecule has 104 valence electrons. The summed E-state index contributed by atoms with van der Waals surface area (Å²) in [5.74, 6) is 0. The molecule has 1 aromatic rings. The zero-order chi connectivity index (χ0) is 13.5. The first-order valence-electron chi connectivity index (χ1n) is 6.37. The molecule has 19 heavy (non-hydrogen) atoms. The van der Waals surface area contributed by atoms with Crippen LogP contribution in [0, 0.1) is 10.1 Å². The van der Waals surface area contributed by atoms with E-state index in [4.69, 9.17) is 9.47 Å². The van der Waals surface area contributed by atoms with E-state index in [-0.39, 0.29) is 5.69 Å². The maximum absolute atomic E-state index is 10.5. The molecular weight excluding hydrogens is 248 g/mol. The molecule has 0 amide bonds. The maximum atomic E-state index is 10.5. The molecule has 1 fully saturated rings. The van der Waals surface area contributed by atoms with E-state index in [2.05, 4.69) is 4.90 Å². The molecule has 1 aliphatic heterocycles. The van der Waals surface area contributed by atoms with Crippen LogP contribution in [0.1, 0.15) is 5.56 Å². The van der Waals surface area contributed by atoms with Crippen molar-refractivity contribution in [2.75, 3.05) is 39.5 Å². The van der Waals surface area contributed by atoms with Gasteiger partial charge in [0.2, 0.25) is 0 Å². The number of rotatable bonds is 6. The predicted octanol–water partition coefficient (Wildman–Crippen LogP) is 1.44. The number of non-ortho nitro benzene ring substituents is 1. The fraction of sp³-hybridized carbons (Fsp3) is 0.538. The van der Waals surface area contributed by atoms with Gasteiger partial charge in [0.15, 0.2) is 0 Å². The van der Waals surface area contributed by atoms with Gasteiger partial charge in [-0.1, -0.05) is 0 Å². The van der Waals surface area contributed by atoms with Crippen LogP contribution in [0.2, 0.25) is 0 Å². The summed E-state index contributed by atoms with van der Waals surface area (Å²) < 4.78 is 10.8. The van der Waals surface area contributed by atoms with E-state index in [0.717, 1.165) is 38.4 Å². The van der Waals surface area contributed by atoms with Gasteiger partial charge in [0, 0.05) is 31.8 Å². The molecule has 0 bridgehead atoms. The molecule has 0 N–H and O–H groups in total. The van der Waals surface area contributed by atoms with E-state index >= 15 is 0 Å². The quantitative estimate of drug-likeness (QED) is 0.443. The SMILES string of the molecule is O=[N+]([O-])c1ccc(COCCN2CCOCC2)cc1.